The maximum atomic E-state index is 2.62. The first-order valence-corrected chi connectivity index (χ1v) is 12.9. The van der Waals surface area contributed by atoms with Crippen molar-refractivity contribution < 1.29 is 0 Å². The normalized spacial score (nSPS) is 21.9. The molecule has 3 aliphatic rings. The highest BCUT2D eigenvalue weighted by atomic mass is 15.2. The number of nitrogens with zero attached hydrogens (tertiary/aromatic N) is 2. The summed E-state index contributed by atoms with van der Waals surface area (Å²) in [5.41, 5.74) is 9.31. The van der Waals surface area contributed by atoms with Crippen LogP contribution in [-0.4, -0.2) is 10.6 Å². The largest absolute Gasteiger partial charge is 0.332 e. The Kier molecular flexibility index (Phi) is 4.21. The van der Waals surface area contributed by atoms with Crippen LogP contribution in [0.3, 0.4) is 0 Å². The summed E-state index contributed by atoms with van der Waals surface area (Å²) in [6.45, 7) is 0. The van der Waals surface area contributed by atoms with Gasteiger partial charge < -0.3 is 9.47 Å². The van der Waals surface area contributed by atoms with E-state index in [9.17, 15) is 0 Å². The Morgan fingerprint density at radius 1 is 0.694 bits per heavy atom. The van der Waals surface area contributed by atoms with Crippen molar-refractivity contribution >= 4 is 33.2 Å². The third-order valence-corrected chi connectivity index (χ3v) is 8.32. The lowest BCUT2D eigenvalue weighted by Crippen LogP contribution is -2.35. The lowest BCUT2D eigenvalue weighted by Gasteiger charge is -2.36. The van der Waals surface area contributed by atoms with Gasteiger partial charge in [-0.25, -0.2) is 0 Å². The predicted octanol–water partition coefficient (Wildman–Crippen LogP) is 8.46. The quantitative estimate of drug-likeness (QED) is 0.255. The minimum Gasteiger partial charge on any atom is -0.332 e. The third-order valence-electron chi connectivity index (χ3n) is 8.32. The molecular weight excluding hydrogens is 436 g/mol. The van der Waals surface area contributed by atoms with Crippen LogP contribution in [0.4, 0.5) is 11.4 Å². The molecule has 36 heavy (non-hydrogen) atoms. The van der Waals surface area contributed by atoms with E-state index in [1.165, 1.54) is 50.0 Å². The number of allylic oxidation sites excluding steroid dienone is 5. The van der Waals surface area contributed by atoms with Crippen molar-refractivity contribution in [2.75, 3.05) is 4.90 Å². The van der Waals surface area contributed by atoms with Crippen LogP contribution in [0.15, 0.2) is 133 Å². The Morgan fingerprint density at radius 2 is 1.44 bits per heavy atom. The van der Waals surface area contributed by atoms with E-state index in [4.69, 9.17) is 0 Å². The molecule has 5 aromatic rings. The van der Waals surface area contributed by atoms with Gasteiger partial charge in [-0.3, -0.25) is 0 Å². The van der Waals surface area contributed by atoms with Crippen LogP contribution in [0.25, 0.3) is 27.5 Å². The van der Waals surface area contributed by atoms with Crippen LogP contribution in [-0.2, 0) is 0 Å². The number of aromatic nitrogens is 1. The number of anilines is 2. The molecule has 0 spiro atoms. The second-order valence-corrected chi connectivity index (χ2v) is 10.1. The molecule has 0 saturated carbocycles. The number of para-hydroxylation sites is 3. The fourth-order valence-corrected chi connectivity index (χ4v) is 6.87. The van der Waals surface area contributed by atoms with E-state index in [0.717, 1.165) is 6.42 Å². The molecule has 8 rings (SSSR count). The van der Waals surface area contributed by atoms with Crippen LogP contribution in [0.2, 0.25) is 0 Å². The van der Waals surface area contributed by atoms with E-state index in [1.807, 2.05) is 0 Å². The third kappa shape index (κ3) is 2.67. The molecule has 3 unspecified atom stereocenters. The molecule has 0 amide bonds. The Labute approximate surface area is 211 Å². The average molecular weight is 463 g/mol. The summed E-state index contributed by atoms with van der Waals surface area (Å²) in [5.74, 6) is 0.928. The monoisotopic (exact) mass is 462 g/mol. The molecule has 0 saturated heterocycles. The molecule has 4 aromatic carbocycles. The van der Waals surface area contributed by atoms with Gasteiger partial charge in [0.1, 0.15) is 0 Å². The Bertz CT molecular complexity index is 1720. The molecule has 1 aromatic heterocycles. The van der Waals surface area contributed by atoms with Crippen LogP contribution in [0.1, 0.15) is 17.9 Å². The van der Waals surface area contributed by atoms with Crippen molar-refractivity contribution in [1.29, 1.82) is 0 Å². The molecule has 2 aliphatic carbocycles. The van der Waals surface area contributed by atoms with Gasteiger partial charge in [0.25, 0.3) is 0 Å². The summed E-state index contributed by atoms with van der Waals surface area (Å²) in [4.78, 5) is 2.62. The summed E-state index contributed by atoms with van der Waals surface area (Å²) in [6, 6.07) is 35.8. The van der Waals surface area contributed by atoms with Crippen molar-refractivity contribution in [3.8, 4) is 5.69 Å². The second kappa shape index (κ2) is 7.60. The molecule has 0 fully saturated rings. The highest BCUT2D eigenvalue weighted by molar-refractivity contribution is 6.15. The van der Waals surface area contributed by atoms with Gasteiger partial charge >= 0.3 is 0 Å². The molecule has 2 heterocycles. The van der Waals surface area contributed by atoms with Crippen molar-refractivity contribution in [2.45, 2.75) is 18.4 Å². The predicted molar refractivity (Wildman–Crippen MR) is 150 cm³/mol. The summed E-state index contributed by atoms with van der Waals surface area (Å²) in [6.07, 6.45) is 12.8. The molecule has 2 heteroatoms. The molecule has 0 N–H and O–H groups in total. The van der Waals surface area contributed by atoms with Crippen LogP contribution in [0.5, 0.6) is 0 Å². The molecule has 0 radical (unpaired) electrons. The summed E-state index contributed by atoms with van der Waals surface area (Å²) >= 11 is 0. The highest BCUT2D eigenvalue weighted by Crippen LogP contribution is 2.57. The van der Waals surface area contributed by atoms with Crippen molar-refractivity contribution in [2.24, 2.45) is 5.92 Å². The molecule has 0 bridgehead atoms. The van der Waals surface area contributed by atoms with E-state index in [2.05, 4.69) is 137 Å². The van der Waals surface area contributed by atoms with Gasteiger partial charge in [-0.1, -0.05) is 97.1 Å². The van der Waals surface area contributed by atoms with E-state index < -0.39 is 0 Å². The summed E-state index contributed by atoms with van der Waals surface area (Å²) in [5, 5.41) is 2.62. The summed E-state index contributed by atoms with van der Waals surface area (Å²) < 4.78 is 2.48. The lowest BCUT2D eigenvalue weighted by atomic mass is 9.72. The molecule has 172 valence electrons. The van der Waals surface area contributed by atoms with E-state index in [0.29, 0.717) is 17.9 Å². The van der Waals surface area contributed by atoms with Crippen molar-refractivity contribution in [3.05, 3.63) is 139 Å². The van der Waals surface area contributed by atoms with E-state index in [-0.39, 0.29) is 0 Å². The van der Waals surface area contributed by atoms with Gasteiger partial charge in [0.15, 0.2) is 0 Å². The average Bonchev–Trinajstić information content (AvgIpc) is 3.47. The molecule has 2 nitrogen and oxygen atoms in total. The van der Waals surface area contributed by atoms with Crippen molar-refractivity contribution in [3.63, 3.8) is 0 Å². The zero-order chi connectivity index (χ0) is 23.6. The number of benzene rings is 4. The fraction of sp³-hybridized carbons (Fsp3) is 0.118. The standard InChI is InChI=1S/C34H26N2/c1-3-12-24(13-4-1)35-30-18-10-9-17-27(30)28-20-21-29-32-26-16-8-7-11-23(26)19-22-31(32)36(34(29)33(28)35)25-14-5-2-6-15-25/h1-15,17-22,26,31-32H,16H2. The zero-order valence-electron chi connectivity index (χ0n) is 20.0. The van der Waals surface area contributed by atoms with Gasteiger partial charge in [-0.2, -0.15) is 0 Å². The fourth-order valence-electron chi connectivity index (χ4n) is 6.87. The first-order chi connectivity index (χ1) is 17.9. The number of fused-ring (bicyclic) bond motifs is 9. The van der Waals surface area contributed by atoms with Gasteiger partial charge in [-0.15, -0.1) is 0 Å². The molecular formula is C34H26N2. The first-order valence-electron chi connectivity index (χ1n) is 12.9. The van der Waals surface area contributed by atoms with Crippen LogP contribution in [0, 0.1) is 5.92 Å². The second-order valence-electron chi connectivity index (χ2n) is 10.1. The van der Waals surface area contributed by atoms with Gasteiger partial charge in [0.05, 0.1) is 22.8 Å². The smallest absolute Gasteiger partial charge is 0.0782 e. The Balaban J connectivity index is 1.51. The summed E-state index contributed by atoms with van der Waals surface area (Å²) in [7, 11) is 0. The van der Waals surface area contributed by atoms with E-state index in [1.54, 1.807) is 0 Å². The van der Waals surface area contributed by atoms with Crippen LogP contribution < -0.4 is 4.90 Å². The minimum atomic E-state index is 0.295. The highest BCUT2D eigenvalue weighted by Gasteiger charge is 2.46. The topological polar surface area (TPSA) is 8.17 Å². The first kappa shape index (κ1) is 19.9. The van der Waals surface area contributed by atoms with Crippen LogP contribution >= 0.6 is 0 Å². The minimum absolute atomic E-state index is 0.295. The number of rotatable bonds is 2. The van der Waals surface area contributed by atoms with Gasteiger partial charge in [-0.05, 0) is 53.8 Å². The number of hydrogen-bond acceptors (Lipinski definition) is 1. The van der Waals surface area contributed by atoms with Gasteiger partial charge in [0.2, 0.25) is 0 Å². The SMILES string of the molecule is C1=CCC2C(=C1)C=CC1C2c2ccc3c4ccccc4n(-c4ccccc4)c3c2N1c1ccccc1. The number of hydrogen-bond donors (Lipinski definition) is 0. The zero-order valence-corrected chi connectivity index (χ0v) is 20.0. The van der Waals surface area contributed by atoms with Gasteiger partial charge in [0, 0.05) is 28.1 Å². The Morgan fingerprint density at radius 3 is 2.28 bits per heavy atom. The maximum absolute atomic E-state index is 2.62. The van der Waals surface area contributed by atoms with Crippen molar-refractivity contribution in [1.82, 2.24) is 4.57 Å². The molecule has 3 atom stereocenters. The van der Waals surface area contributed by atoms with E-state index >= 15 is 0 Å². The molecule has 1 aliphatic heterocycles. The maximum Gasteiger partial charge on any atom is 0.0782 e. The lowest BCUT2D eigenvalue weighted by molar-refractivity contribution is 0.459. The Hall–Kier alpha value is -4.30.